The largest absolute Gasteiger partial charge is 0.491 e. The van der Waals surface area contributed by atoms with Gasteiger partial charge in [0.1, 0.15) is 5.75 Å². The van der Waals surface area contributed by atoms with E-state index in [-0.39, 0.29) is 4.90 Å². The number of nitrogens with zero attached hydrogens (tertiary/aromatic N) is 1. The molecule has 1 aromatic rings. The van der Waals surface area contributed by atoms with Gasteiger partial charge in [0.2, 0.25) is 10.0 Å². The monoisotopic (exact) mass is 300 g/mol. The van der Waals surface area contributed by atoms with Gasteiger partial charge in [-0.15, -0.1) is 0 Å². The second kappa shape index (κ2) is 6.95. The van der Waals surface area contributed by atoms with E-state index in [0.717, 1.165) is 12.8 Å². The topological polar surface area (TPSA) is 72.6 Å². The summed E-state index contributed by atoms with van der Waals surface area (Å²) >= 11 is 0. The maximum Gasteiger partial charge on any atom is 0.242 e. The van der Waals surface area contributed by atoms with Crippen LogP contribution in [0.2, 0.25) is 0 Å². The van der Waals surface area contributed by atoms with Crippen molar-refractivity contribution >= 4 is 15.7 Å². The lowest BCUT2D eigenvalue weighted by Crippen LogP contribution is -2.22. The quantitative estimate of drug-likeness (QED) is 0.619. The smallest absolute Gasteiger partial charge is 0.242 e. The Bertz CT molecular complexity index is 539. The second-order valence-corrected chi connectivity index (χ2v) is 7.52. The van der Waals surface area contributed by atoms with Gasteiger partial charge in [-0.25, -0.2) is 12.7 Å². The predicted molar refractivity (Wildman–Crippen MR) is 81.3 cm³/mol. The molecule has 20 heavy (non-hydrogen) atoms. The van der Waals surface area contributed by atoms with Gasteiger partial charge in [0.15, 0.2) is 0 Å². The van der Waals surface area contributed by atoms with Crippen LogP contribution in [0.4, 0.5) is 5.69 Å². The van der Waals surface area contributed by atoms with E-state index in [1.54, 1.807) is 6.07 Å². The van der Waals surface area contributed by atoms with Gasteiger partial charge >= 0.3 is 0 Å². The first kappa shape index (κ1) is 16.8. The van der Waals surface area contributed by atoms with E-state index < -0.39 is 10.0 Å². The third kappa shape index (κ3) is 4.38. The summed E-state index contributed by atoms with van der Waals surface area (Å²) < 4.78 is 30.9. The van der Waals surface area contributed by atoms with Crippen LogP contribution in [0.5, 0.6) is 5.75 Å². The van der Waals surface area contributed by atoms with Crippen molar-refractivity contribution in [2.45, 2.75) is 31.6 Å². The van der Waals surface area contributed by atoms with Gasteiger partial charge in [0.05, 0.1) is 17.2 Å². The predicted octanol–water partition coefficient (Wildman–Crippen LogP) is 2.33. The van der Waals surface area contributed by atoms with Crippen molar-refractivity contribution in [2.75, 3.05) is 26.4 Å². The molecule has 0 radical (unpaired) electrons. The number of sulfonamides is 1. The molecule has 0 aliphatic rings. The van der Waals surface area contributed by atoms with Crippen molar-refractivity contribution in [3.8, 4) is 5.75 Å². The minimum atomic E-state index is -3.46. The molecule has 0 saturated heterocycles. The molecule has 0 bridgehead atoms. The van der Waals surface area contributed by atoms with Crippen LogP contribution in [-0.2, 0) is 10.0 Å². The molecule has 0 atom stereocenters. The van der Waals surface area contributed by atoms with Crippen LogP contribution >= 0.6 is 0 Å². The number of hydrogen-bond donors (Lipinski definition) is 1. The van der Waals surface area contributed by atoms with Crippen LogP contribution in [0.25, 0.3) is 0 Å². The third-order valence-corrected chi connectivity index (χ3v) is 4.76. The van der Waals surface area contributed by atoms with E-state index >= 15 is 0 Å². The summed E-state index contributed by atoms with van der Waals surface area (Å²) in [5.41, 5.74) is 6.27. The zero-order chi connectivity index (χ0) is 15.3. The summed E-state index contributed by atoms with van der Waals surface area (Å²) in [7, 11) is -0.473. The molecule has 114 valence electrons. The number of nitrogen functional groups attached to an aromatic ring is 1. The molecule has 0 fully saturated rings. The maximum atomic E-state index is 12.0. The average Bonchev–Trinajstić information content (AvgIpc) is 2.35. The molecule has 2 N–H and O–H groups in total. The Morgan fingerprint density at radius 3 is 2.50 bits per heavy atom. The van der Waals surface area contributed by atoms with Gasteiger partial charge in [-0.05, 0) is 30.9 Å². The van der Waals surface area contributed by atoms with Crippen molar-refractivity contribution in [3.05, 3.63) is 18.2 Å². The Hall–Kier alpha value is -1.27. The normalized spacial score (nSPS) is 12.1. The molecule has 0 unspecified atom stereocenters. The van der Waals surface area contributed by atoms with Gasteiger partial charge in [0.25, 0.3) is 0 Å². The highest BCUT2D eigenvalue weighted by Gasteiger charge is 2.18. The Balaban J connectivity index is 2.82. The summed E-state index contributed by atoms with van der Waals surface area (Å²) in [6, 6.07) is 4.54. The van der Waals surface area contributed by atoms with Crippen molar-refractivity contribution in [3.63, 3.8) is 0 Å². The second-order valence-electron chi connectivity index (χ2n) is 5.37. The lowest BCUT2D eigenvalue weighted by Gasteiger charge is -2.14. The Morgan fingerprint density at radius 2 is 1.95 bits per heavy atom. The summed E-state index contributed by atoms with van der Waals surface area (Å²) in [4.78, 5) is 0.190. The average molecular weight is 300 g/mol. The fraction of sp³-hybridized carbons (Fsp3) is 0.571. The van der Waals surface area contributed by atoms with Crippen molar-refractivity contribution in [2.24, 2.45) is 5.92 Å². The summed E-state index contributed by atoms with van der Waals surface area (Å²) in [6.45, 7) is 4.84. The Morgan fingerprint density at radius 1 is 1.30 bits per heavy atom. The molecule has 1 aromatic carbocycles. The van der Waals surface area contributed by atoms with Gasteiger partial charge < -0.3 is 10.5 Å². The van der Waals surface area contributed by atoms with E-state index in [1.165, 1.54) is 30.5 Å². The van der Waals surface area contributed by atoms with Gasteiger partial charge in [-0.2, -0.15) is 0 Å². The highest BCUT2D eigenvalue weighted by atomic mass is 32.2. The molecular weight excluding hydrogens is 276 g/mol. The molecule has 0 aliphatic heterocycles. The molecule has 0 aromatic heterocycles. The number of anilines is 1. The van der Waals surface area contributed by atoms with E-state index in [2.05, 4.69) is 13.8 Å². The SMILES string of the molecule is CC(C)CCCOc1cc(S(=O)(=O)N(C)C)ccc1N. The lowest BCUT2D eigenvalue weighted by molar-refractivity contribution is 0.298. The van der Waals surface area contributed by atoms with E-state index in [9.17, 15) is 8.42 Å². The summed E-state index contributed by atoms with van der Waals surface area (Å²) in [6.07, 6.45) is 1.98. The minimum absolute atomic E-state index is 0.190. The van der Waals surface area contributed by atoms with Crippen LogP contribution in [0.1, 0.15) is 26.7 Å². The lowest BCUT2D eigenvalue weighted by atomic mass is 10.1. The van der Waals surface area contributed by atoms with E-state index in [0.29, 0.717) is 24.0 Å². The molecule has 1 rings (SSSR count). The standard InChI is InChI=1S/C14H24N2O3S/c1-11(2)6-5-9-19-14-10-12(7-8-13(14)15)20(17,18)16(3)4/h7-8,10-11H,5-6,9,15H2,1-4H3. The number of nitrogens with two attached hydrogens (primary N) is 1. The Kier molecular flexibility index (Phi) is 5.83. The van der Waals surface area contributed by atoms with Crippen LogP contribution in [0, 0.1) is 5.92 Å². The van der Waals surface area contributed by atoms with Crippen molar-refractivity contribution < 1.29 is 13.2 Å². The van der Waals surface area contributed by atoms with Gasteiger partial charge in [-0.3, -0.25) is 0 Å². The third-order valence-electron chi connectivity index (χ3n) is 2.95. The van der Waals surface area contributed by atoms with Gasteiger partial charge in [0, 0.05) is 20.2 Å². The molecule has 0 saturated carbocycles. The number of ether oxygens (including phenoxy) is 1. The number of rotatable bonds is 7. The van der Waals surface area contributed by atoms with Crippen LogP contribution in [0.3, 0.4) is 0 Å². The van der Waals surface area contributed by atoms with Crippen LogP contribution < -0.4 is 10.5 Å². The summed E-state index contributed by atoms with van der Waals surface area (Å²) in [5.74, 6) is 1.05. The highest BCUT2D eigenvalue weighted by Crippen LogP contribution is 2.26. The maximum absolute atomic E-state index is 12.0. The van der Waals surface area contributed by atoms with Gasteiger partial charge in [-0.1, -0.05) is 13.8 Å². The molecule has 0 heterocycles. The fourth-order valence-electron chi connectivity index (χ4n) is 1.68. The zero-order valence-electron chi connectivity index (χ0n) is 12.6. The molecule has 0 spiro atoms. The van der Waals surface area contributed by atoms with Crippen molar-refractivity contribution in [1.29, 1.82) is 0 Å². The van der Waals surface area contributed by atoms with E-state index in [1.807, 2.05) is 0 Å². The highest BCUT2D eigenvalue weighted by molar-refractivity contribution is 7.89. The first-order valence-electron chi connectivity index (χ1n) is 6.70. The van der Waals surface area contributed by atoms with Crippen molar-refractivity contribution in [1.82, 2.24) is 4.31 Å². The molecular formula is C14H24N2O3S. The zero-order valence-corrected chi connectivity index (χ0v) is 13.4. The first-order valence-corrected chi connectivity index (χ1v) is 8.14. The van der Waals surface area contributed by atoms with E-state index in [4.69, 9.17) is 10.5 Å². The molecule has 0 aliphatic carbocycles. The van der Waals surface area contributed by atoms with Crippen LogP contribution in [0.15, 0.2) is 23.1 Å². The summed E-state index contributed by atoms with van der Waals surface area (Å²) in [5, 5.41) is 0. The minimum Gasteiger partial charge on any atom is -0.491 e. The number of hydrogen-bond acceptors (Lipinski definition) is 4. The molecule has 0 amide bonds. The molecule has 5 nitrogen and oxygen atoms in total. The Labute approximate surface area is 121 Å². The van der Waals surface area contributed by atoms with Crippen LogP contribution in [-0.4, -0.2) is 33.4 Å². The first-order chi connectivity index (χ1) is 9.25. The fourth-order valence-corrected chi connectivity index (χ4v) is 2.60. The number of benzene rings is 1. The molecule has 6 heteroatoms.